The molecular formula is C25H27N5O5. The lowest BCUT2D eigenvalue weighted by Crippen LogP contribution is -2.23. The fraction of sp³-hybridized carbons (Fsp3) is 0.240. The van der Waals surface area contributed by atoms with Crippen molar-refractivity contribution in [2.75, 3.05) is 19.5 Å². The van der Waals surface area contributed by atoms with Crippen LogP contribution in [-0.2, 0) is 20.0 Å². The summed E-state index contributed by atoms with van der Waals surface area (Å²) in [4.78, 5) is 29.1. The topological polar surface area (TPSA) is 134 Å². The second-order valence-electron chi connectivity index (χ2n) is 8.02. The van der Waals surface area contributed by atoms with E-state index in [1.807, 2.05) is 25.1 Å². The lowest BCUT2D eigenvalue weighted by Gasteiger charge is -2.19. The van der Waals surface area contributed by atoms with Crippen LogP contribution in [0, 0.1) is 0 Å². The van der Waals surface area contributed by atoms with E-state index < -0.39 is 5.91 Å². The average molecular weight is 478 g/mol. The van der Waals surface area contributed by atoms with E-state index in [0.717, 1.165) is 16.8 Å². The third kappa shape index (κ3) is 4.25. The first-order valence-electron chi connectivity index (χ1n) is 11.0. The number of aromatic nitrogens is 3. The number of carbonyl (C=O) groups excluding carboxylic acids is 1. The van der Waals surface area contributed by atoms with Gasteiger partial charge < -0.3 is 25.6 Å². The number of anilines is 2. The molecule has 2 aromatic heterocycles. The van der Waals surface area contributed by atoms with E-state index in [4.69, 9.17) is 15.2 Å². The molecule has 0 radical (unpaired) electrons. The fourth-order valence-corrected chi connectivity index (χ4v) is 4.20. The number of nitrogens with one attached hydrogen (secondary N) is 1. The maximum Gasteiger partial charge on any atom is 0.331 e. The van der Waals surface area contributed by atoms with Crippen molar-refractivity contribution in [1.82, 2.24) is 14.1 Å². The minimum atomic E-state index is -0.633. The summed E-state index contributed by atoms with van der Waals surface area (Å²) in [7, 11) is 4.65. The third-order valence-electron chi connectivity index (χ3n) is 5.97. The van der Waals surface area contributed by atoms with Gasteiger partial charge in [0, 0.05) is 30.4 Å². The second kappa shape index (κ2) is 9.41. The first kappa shape index (κ1) is 23.7. The molecule has 0 unspecified atom stereocenters. The number of aryl methyl sites for hydroxylation is 1. The van der Waals surface area contributed by atoms with Crippen LogP contribution in [0.4, 0.5) is 11.4 Å². The average Bonchev–Trinajstić information content (AvgIpc) is 3.09. The Labute approximate surface area is 201 Å². The number of carbonyl (C=O) groups is 1. The summed E-state index contributed by atoms with van der Waals surface area (Å²) in [5.41, 5.74) is 9.15. The van der Waals surface area contributed by atoms with Crippen molar-refractivity contribution in [1.29, 1.82) is 0 Å². The predicted octanol–water partition coefficient (Wildman–Crippen LogP) is 2.91. The van der Waals surface area contributed by atoms with Gasteiger partial charge in [0.05, 0.1) is 43.7 Å². The minimum Gasteiger partial charge on any atom is -0.493 e. The molecule has 0 aliphatic rings. The number of fused-ring (bicyclic) bond motifs is 1. The molecule has 0 aliphatic heterocycles. The molecule has 1 amide bonds. The molecule has 10 nitrogen and oxygen atoms in total. The smallest absolute Gasteiger partial charge is 0.331 e. The summed E-state index contributed by atoms with van der Waals surface area (Å²) >= 11 is 0. The second-order valence-corrected chi connectivity index (χ2v) is 8.02. The van der Waals surface area contributed by atoms with Crippen LogP contribution in [0.15, 0.2) is 47.5 Å². The van der Waals surface area contributed by atoms with Crippen molar-refractivity contribution in [2.45, 2.75) is 19.9 Å². The Morgan fingerprint density at radius 3 is 2.51 bits per heavy atom. The van der Waals surface area contributed by atoms with Crippen molar-refractivity contribution in [2.24, 2.45) is 12.8 Å². The highest BCUT2D eigenvalue weighted by Gasteiger charge is 2.19. The summed E-state index contributed by atoms with van der Waals surface area (Å²) in [6.07, 6.45) is 3.43. The van der Waals surface area contributed by atoms with Crippen LogP contribution in [-0.4, -0.2) is 39.4 Å². The summed E-state index contributed by atoms with van der Waals surface area (Å²) in [6.45, 7) is 2.18. The summed E-state index contributed by atoms with van der Waals surface area (Å²) in [5, 5.41) is 14.2. The summed E-state index contributed by atoms with van der Waals surface area (Å²) in [6, 6.07) is 9.10. The van der Waals surface area contributed by atoms with Crippen molar-refractivity contribution in [3.8, 4) is 17.4 Å². The van der Waals surface area contributed by atoms with Gasteiger partial charge in [-0.05, 0) is 29.7 Å². The van der Waals surface area contributed by atoms with Gasteiger partial charge in [0.15, 0.2) is 11.5 Å². The highest BCUT2D eigenvalue weighted by molar-refractivity contribution is 6.08. The molecule has 2 aromatic carbocycles. The number of nitrogens with two attached hydrogens (primary N) is 1. The van der Waals surface area contributed by atoms with Gasteiger partial charge in [0.2, 0.25) is 5.88 Å². The molecule has 35 heavy (non-hydrogen) atoms. The first-order valence-corrected chi connectivity index (χ1v) is 11.0. The molecule has 2 heterocycles. The molecule has 182 valence electrons. The van der Waals surface area contributed by atoms with Crippen LogP contribution in [0.25, 0.3) is 10.9 Å². The van der Waals surface area contributed by atoms with E-state index in [-0.39, 0.29) is 23.7 Å². The number of hydrogen-bond acceptors (Lipinski definition) is 7. The van der Waals surface area contributed by atoms with Gasteiger partial charge in [-0.1, -0.05) is 19.1 Å². The number of imidazole rings is 1. The van der Waals surface area contributed by atoms with E-state index in [1.54, 1.807) is 19.2 Å². The molecule has 0 fully saturated rings. The maximum atomic E-state index is 12.4. The number of aromatic hydroxyl groups is 1. The molecule has 4 N–H and O–H groups in total. The highest BCUT2D eigenvalue weighted by Crippen LogP contribution is 2.38. The number of amides is 1. The Morgan fingerprint density at radius 2 is 1.91 bits per heavy atom. The Kier molecular flexibility index (Phi) is 6.37. The molecule has 0 saturated heterocycles. The van der Waals surface area contributed by atoms with Gasteiger partial charge in [0.1, 0.15) is 0 Å². The molecule has 0 spiro atoms. The number of primary amides is 1. The SMILES string of the molecule is CCc1c(Cn2c(O)cn(C)c2=O)cccc1Nc1c(C(N)=O)cnc2cc(OC)c(OC)cc12. The van der Waals surface area contributed by atoms with Gasteiger partial charge in [-0.2, -0.15) is 0 Å². The van der Waals surface area contributed by atoms with Crippen molar-refractivity contribution >= 4 is 28.2 Å². The number of methoxy groups -OCH3 is 2. The molecule has 4 aromatic rings. The van der Waals surface area contributed by atoms with Gasteiger partial charge in [-0.15, -0.1) is 0 Å². The van der Waals surface area contributed by atoms with Crippen molar-refractivity contribution in [3.63, 3.8) is 0 Å². The zero-order valence-electron chi connectivity index (χ0n) is 20.0. The Hall–Kier alpha value is -4.47. The third-order valence-corrected chi connectivity index (χ3v) is 5.97. The van der Waals surface area contributed by atoms with Gasteiger partial charge in [0.25, 0.3) is 5.91 Å². The number of nitrogens with zero attached hydrogens (tertiary/aromatic N) is 3. The van der Waals surface area contributed by atoms with Crippen LogP contribution in [0.5, 0.6) is 17.4 Å². The normalized spacial score (nSPS) is 11.0. The molecule has 0 aliphatic carbocycles. The van der Waals surface area contributed by atoms with Crippen LogP contribution >= 0.6 is 0 Å². The van der Waals surface area contributed by atoms with Crippen LogP contribution in [0.1, 0.15) is 28.4 Å². The van der Waals surface area contributed by atoms with E-state index in [2.05, 4.69) is 10.3 Å². The maximum absolute atomic E-state index is 12.4. The largest absolute Gasteiger partial charge is 0.493 e. The molecule has 0 bridgehead atoms. The van der Waals surface area contributed by atoms with E-state index in [1.165, 1.54) is 35.7 Å². The number of rotatable bonds is 8. The molecule has 0 saturated carbocycles. The monoisotopic (exact) mass is 477 g/mol. The Morgan fingerprint density at radius 1 is 1.20 bits per heavy atom. The van der Waals surface area contributed by atoms with Gasteiger partial charge in [-0.3, -0.25) is 18.9 Å². The first-order chi connectivity index (χ1) is 16.8. The summed E-state index contributed by atoms with van der Waals surface area (Å²) in [5.74, 6) is 0.242. The van der Waals surface area contributed by atoms with Crippen LogP contribution < -0.4 is 26.2 Å². The van der Waals surface area contributed by atoms with Gasteiger partial charge in [-0.25, -0.2) is 4.79 Å². The highest BCUT2D eigenvalue weighted by atomic mass is 16.5. The predicted molar refractivity (Wildman–Crippen MR) is 133 cm³/mol. The minimum absolute atomic E-state index is 0.116. The van der Waals surface area contributed by atoms with Crippen LogP contribution in [0.3, 0.4) is 0 Å². The number of pyridine rings is 1. The Bertz CT molecular complexity index is 1490. The number of hydrogen-bond donors (Lipinski definition) is 3. The quantitative estimate of drug-likeness (QED) is 0.355. The van der Waals surface area contributed by atoms with Crippen LogP contribution in [0.2, 0.25) is 0 Å². The van der Waals surface area contributed by atoms with E-state index >= 15 is 0 Å². The molecule has 0 atom stereocenters. The summed E-state index contributed by atoms with van der Waals surface area (Å²) < 4.78 is 13.5. The van der Waals surface area contributed by atoms with E-state index in [0.29, 0.717) is 34.5 Å². The van der Waals surface area contributed by atoms with Crippen molar-refractivity contribution < 1.29 is 19.4 Å². The zero-order valence-corrected chi connectivity index (χ0v) is 20.0. The number of benzene rings is 2. The van der Waals surface area contributed by atoms with E-state index in [9.17, 15) is 14.7 Å². The molecule has 4 rings (SSSR count). The zero-order chi connectivity index (χ0) is 25.3. The van der Waals surface area contributed by atoms with Crippen molar-refractivity contribution in [3.05, 3.63) is 69.9 Å². The lowest BCUT2D eigenvalue weighted by atomic mass is 10.0. The fourth-order valence-electron chi connectivity index (χ4n) is 4.20. The number of ether oxygens (including phenoxy) is 2. The molecule has 10 heteroatoms. The van der Waals surface area contributed by atoms with Gasteiger partial charge >= 0.3 is 5.69 Å². The Balaban J connectivity index is 1.86. The molecular weight excluding hydrogens is 450 g/mol. The standard InChI is InChI=1S/C25H27N5O5/c1-5-15-14(12-30-22(31)13-29(2)25(30)33)7-6-8-18(15)28-23-16-9-20(34-3)21(35-4)10-19(16)27-11-17(23)24(26)32/h6-11,13,31H,5,12H2,1-4H3,(H2,26,32)(H,27,28). The lowest BCUT2D eigenvalue weighted by molar-refractivity contribution is 0.100.